The van der Waals surface area contributed by atoms with Crippen LogP contribution >= 0.6 is 23.6 Å². The summed E-state index contributed by atoms with van der Waals surface area (Å²) < 4.78 is 50.9. The third kappa shape index (κ3) is 4.96. The van der Waals surface area contributed by atoms with Gasteiger partial charge in [-0.1, -0.05) is 0 Å². The van der Waals surface area contributed by atoms with Gasteiger partial charge in [0.2, 0.25) is 0 Å². The molecule has 302 valence electrons. The molecule has 0 unspecified atom stereocenters. The van der Waals surface area contributed by atoms with E-state index in [4.69, 9.17) is 19.0 Å². The van der Waals surface area contributed by atoms with E-state index in [-0.39, 0.29) is 11.8 Å². The van der Waals surface area contributed by atoms with E-state index in [0.29, 0.717) is 113 Å². The summed E-state index contributed by atoms with van der Waals surface area (Å²) in [5.74, 6) is -0.170. The van der Waals surface area contributed by atoms with Crippen LogP contribution in [0.5, 0.6) is 0 Å². The molecule has 0 N–H and O–H groups in total. The van der Waals surface area contributed by atoms with E-state index < -0.39 is 23.6 Å². The number of hydrogen-bond acceptors (Lipinski definition) is 12. The average Bonchev–Trinajstić information content (AvgIpc) is 4.07. The summed E-state index contributed by atoms with van der Waals surface area (Å²) >= 11 is 0. The van der Waals surface area contributed by atoms with Crippen LogP contribution in [0.15, 0.2) is 48.5 Å². The van der Waals surface area contributed by atoms with Crippen molar-refractivity contribution in [2.45, 2.75) is 77.0 Å². The summed E-state index contributed by atoms with van der Waals surface area (Å²) in [5, 5.41) is 19.2. The number of halogens is 1. The van der Waals surface area contributed by atoms with Gasteiger partial charge in [0.1, 0.15) is 0 Å². The fraction of sp³-hybridized carbons (Fsp3) is 0.611. The van der Waals surface area contributed by atoms with Crippen molar-refractivity contribution in [2.75, 3.05) is 65.4 Å². The number of aromatic nitrogens is 6. The standard InChI is InChI=1S/C36H52FN12O4P3/c37-54(52-55(42-21-5-6-22-42,43-23-7-8-24-43,46-29-13-19-35(46)50)48-33-17-3-1-15-31(33)38-40-48)53-56(44-25-9-10-26-44,45-27-11-12-28-45,47-30-14-20-36(47)51)49-34-18-4-2-16-32(34)39-41-49/h1-4,15-18H,5-14,19-30H2. The van der Waals surface area contributed by atoms with Gasteiger partial charge in [-0.15, -0.1) is 0 Å². The van der Waals surface area contributed by atoms with Crippen molar-refractivity contribution in [2.24, 2.45) is 0 Å². The Labute approximate surface area is 327 Å². The molecule has 0 atom stereocenters. The van der Waals surface area contributed by atoms with Crippen LogP contribution in [0.3, 0.4) is 0 Å². The Hall–Kier alpha value is -2.84. The van der Waals surface area contributed by atoms with E-state index in [2.05, 4.69) is 28.9 Å². The third-order valence-electron chi connectivity index (χ3n) is 13.0. The summed E-state index contributed by atoms with van der Waals surface area (Å²) in [6, 6.07) is 15.4. The zero-order chi connectivity index (χ0) is 38.0. The number of benzene rings is 2. The molecule has 10 rings (SSSR count). The maximum absolute atomic E-state index is 19.2. The van der Waals surface area contributed by atoms with Gasteiger partial charge < -0.3 is 0 Å². The maximum atomic E-state index is 19.2. The van der Waals surface area contributed by atoms with E-state index in [1.54, 1.807) is 0 Å². The Balaban J connectivity index is 1.27. The molecule has 6 saturated heterocycles. The Morgan fingerprint density at radius 2 is 0.839 bits per heavy atom. The Bertz CT molecular complexity index is 1950. The van der Waals surface area contributed by atoms with Gasteiger partial charge in [-0.2, -0.15) is 0 Å². The molecule has 56 heavy (non-hydrogen) atoms. The van der Waals surface area contributed by atoms with Crippen LogP contribution in [-0.2, 0) is 18.2 Å². The van der Waals surface area contributed by atoms with Crippen LogP contribution < -0.4 is 0 Å². The third-order valence-corrected chi connectivity index (χ3v) is 26.4. The monoisotopic (exact) mass is 828 g/mol. The number of nitrogens with zero attached hydrogens (tertiary/aromatic N) is 12. The molecule has 0 bridgehead atoms. The van der Waals surface area contributed by atoms with Crippen molar-refractivity contribution < 1.29 is 22.4 Å². The molecular weight excluding hydrogens is 776 g/mol. The number of carbonyl (C=O) groups is 2. The second kappa shape index (κ2) is 14.2. The molecule has 2 aromatic heterocycles. The first-order valence-electron chi connectivity index (χ1n) is 20.6. The van der Waals surface area contributed by atoms with Crippen LogP contribution in [0.4, 0.5) is 4.20 Å². The Morgan fingerprint density at radius 3 is 1.16 bits per heavy atom. The molecule has 0 saturated carbocycles. The SMILES string of the molecule is O=C1CCCN1P(OP(F)OP(N1CCCC1)(N1CCCC1)(N1CCCC1=O)n1nnc2ccccc21)(N1CCCC1)(N1CCCC1)n1nnc2ccccc21. The van der Waals surface area contributed by atoms with Gasteiger partial charge in [-0.25, -0.2) is 0 Å². The molecule has 6 aliphatic rings. The van der Waals surface area contributed by atoms with Crippen molar-refractivity contribution in [3.63, 3.8) is 0 Å². The number of carbonyl (C=O) groups excluding carboxylic acids is 2. The van der Waals surface area contributed by atoms with Crippen LogP contribution in [0.2, 0.25) is 0 Å². The van der Waals surface area contributed by atoms with Gasteiger partial charge >= 0.3 is 328 Å². The number of amides is 2. The van der Waals surface area contributed by atoms with E-state index >= 15 is 4.20 Å². The van der Waals surface area contributed by atoms with Crippen molar-refractivity contribution in [1.29, 1.82) is 0 Å². The topological polar surface area (TPSA) is 133 Å². The van der Waals surface area contributed by atoms with Gasteiger partial charge in [0.15, 0.2) is 0 Å². The molecule has 2 aromatic carbocycles. The van der Waals surface area contributed by atoms with Gasteiger partial charge in [0.05, 0.1) is 0 Å². The minimum absolute atomic E-state index is 0.0852. The molecule has 0 aliphatic carbocycles. The number of hydrogen-bond donors (Lipinski definition) is 0. The molecule has 8 heterocycles. The predicted octanol–water partition coefficient (Wildman–Crippen LogP) is 6.69. The normalized spacial score (nSPS) is 24.6. The van der Waals surface area contributed by atoms with Crippen molar-refractivity contribution in [1.82, 2.24) is 57.6 Å². The molecule has 0 radical (unpaired) electrons. The average molecular weight is 829 g/mol. The van der Waals surface area contributed by atoms with E-state index in [9.17, 15) is 9.59 Å². The molecular formula is C36H52FN12O4P3. The van der Waals surface area contributed by atoms with Gasteiger partial charge in [0.25, 0.3) is 0 Å². The number of para-hydroxylation sites is 2. The molecule has 4 aromatic rings. The van der Waals surface area contributed by atoms with Gasteiger partial charge in [0, 0.05) is 0 Å². The van der Waals surface area contributed by atoms with Crippen molar-refractivity contribution in [3.05, 3.63) is 48.5 Å². The Kier molecular flexibility index (Phi) is 9.47. The Morgan fingerprint density at radius 1 is 0.500 bits per heavy atom. The zero-order valence-corrected chi connectivity index (χ0v) is 34.6. The minimum atomic E-state index is -4.86. The second-order valence-electron chi connectivity index (χ2n) is 15.9. The summed E-state index contributed by atoms with van der Waals surface area (Å²) in [6.07, 6.45) is 8.81. The molecule has 0 spiro atoms. The molecule has 6 fully saturated rings. The molecule has 2 amide bonds. The first-order valence-corrected chi connectivity index (χ1v) is 25.6. The summed E-state index contributed by atoms with van der Waals surface area (Å²) in [7, 11) is -13.2. The summed E-state index contributed by atoms with van der Waals surface area (Å²) in [5.41, 5.74) is 2.65. The van der Waals surface area contributed by atoms with Crippen LogP contribution in [0.1, 0.15) is 77.0 Å². The van der Waals surface area contributed by atoms with E-state index in [0.717, 1.165) is 51.4 Å². The first kappa shape index (κ1) is 37.4. The van der Waals surface area contributed by atoms with Crippen LogP contribution in [0, 0.1) is 0 Å². The molecule has 6 aliphatic heterocycles. The van der Waals surface area contributed by atoms with Crippen LogP contribution in [-0.4, -0.2) is 135 Å². The van der Waals surface area contributed by atoms with Gasteiger partial charge in [-0.05, 0) is 0 Å². The second-order valence-corrected chi connectivity index (χ2v) is 25.1. The molecule has 20 heteroatoms. The van der Waals surface area contributed by atoms with E-state index in [1.165, 1.54) is 0 Å². The zero-order valence-electron chi connectivity index (χ0n) is 31.9. The quantitative estimate of drug-likeness (QED) is 0.141. The number of fused-ring (bicyclic) bond motifs is 2. The summed E-state index contributed by atoms with van der Waals surface area (Å²) in [6.45, 7) is 5.52. The van der Waals surface area contributed by atoms with Crippen molar-refractivity contribution >= 4 is 57.4 Å². The predicted molar refractivity (Wildman–Crippen MR) is 215 cm³/mol. The van der Waals surface area contributed by atoms with Gasteiger partial charge in [-0.3, -0.25) is 0 Å². The number of rotatable bonds is 12. The fourth-order valence-corrected chi connectivity index (χ4v) is 26.5. The molecule has 16 nitrogen and oxygen atoms in total. The van der Waals surface area contributed by atoms with Crippen molar-refractivity contribution in [3.8, 4) is 0 Å². The van der Waals surface area contributed by atoms with Crippen LogP contribution in [0.25, 0.3) is 22.1 Å². The fourth-order valence-electron chi connectivity index (χ4n) is 10.7. The first-order chi connectivity index (χ1) is 27.4. The summed E-state index contributed by atoms with van der Waals surface area (Å²) in [4.78, 5) is 29.3. The van der Waals surface area contributed by atoms with E-state index in [1.807, 2.05) is 66.8 Å².